The van der Waals surface area contributed by atoms with Crippen molar-refractivity contribution >= 4 is 22.4 Å². The number of hydrogen-bond acceptors (Lipinski definition) is 6. The number of hydrogen-bond donors (Lipinski definition) is 0. The molecular weight excluding hydrogens is 250 g/mol. The Kier molecular flexibility index (Phi) is 2.45. The van der Waals surface area contributed by atoms with Crippen molar-refractivity contribution in [2.45, 2.75) is 13.8 Å². The molecule has 0 N–H and O–H groups in total. The first-order chi connectivity index (χ1) is 8.66. The monoisotopic (exact) mass is 259 g/mol. The van der Waals surface area contributed by atoms with E-state index in [0.29, 0.717) is 21.5 Å². The van der Waals surface area contributed by atoms with Crippen molar-refractivity contribution in [2.24, 2.45) is 0 Å². The summed E-state index contributed by atoms with van der Waals surface area (Å²) >= 11 is 1.17. The van der Waals surface area contributed by atoms with Crippen molar-refractivity contribution in [3.05, 3.63) is 39.9 Å². The molecule has 5 nitrogen and oxygen atoms in total. The van der Waals surface area contributed by atoms with Gasteiger partial charge in [-0.05, 0) is 37.0 Å². The van der Waals surface area contributed by atoms with Gasteiger partial charge in [-0.25, -0.2) is 9.78 Å². The molecule has 3 aromatic rings. The average Bonchev–Trinajstić information content (AvgIpc) is 2.75. The zero-order chi connectivity index (χ0) is 12.7. The summed E-state index contributed by atoms with van der Waals surface area (Å²) in [5.74, 6) is 0.283. The largest absolute Gasteiger partial charge is 0.402 e. The van der Waals surface area contributed by atoms with Gasteiger partial charge in [-0.2, -0.15) is 0 Å². The van der Waals surface area contributed by atoms with Crippen LogP contribution in [0.5, 0.6) is 0 Å². The van der Waals surface area contributed by atoms with Crippen LogP contribution in [-0.2, 0) is 0 Å². The van der Waals surface area contributed by atoms with Gasteiger partial charge in [0.25, 0.3) is 0 Å². The molecule has 1 aromatic carbocycles. The van der Waals surface area contributed by atoms with Gasteiger partial charge in [0.2, 0.25) is 5.89 Å². The number of benzene rings is 1. The highest BCUT2D eigenvalue weighted by Crippen LogP contribution is 2.24. The number of aromatic nitrogens is 3. The number of rotatable bonds is 1. The molecule has 0 radical (unpaired) electrons. The molecule has 2 heterocycles. The molecule has 0 aliphatic heterocycles. The first-order valence-corrected chi connectivity index (χ1v) is 6.14. The van der Waals surface area contributed by atoms with Crippen LogP contribution in [-0.4, -0.2) is 14.6 Å². The van der Waals surface area contributed by atoms with Crippen molar-refractivity contribution < 1.29 is 4.42 Å². The normalized spacial score (nSPS) is 11.0. The van der Waals surface area contributed by atoms with E-state index >= 15 is 0 Å². The molecule has 0 atom stereocenters. The topological polar surface area (TPSA) is 68.9 Å². The molecule has 6 heteroatoms. The molecule has 0 spiro atoms. The van der Waals surface area contributed by atoms with Crippen LogP contribution >= 0.6 is 11.5 Å². The van der Waals surface area contributed by atoms with Gasteiger partial charge in [0.15, 0.2) is 0 Å². The molecule has 0 bridgehead atoms. The highest BCUT2D eigenvalue weighted by molar-refractivity contribution is 7.09. The van der Waals surface area contributed by atoms with E-state index in [1.54, 1.807) is 13.0 Å². The van der Waals surface area contributed by atoms with Crippen molar-refractivity contribution in [1.29, 1.82) is 0 Å². The van der Waals surface area contributed by atoms with Crippen LogP contribution in [0.2, 0.25) is 0 Å². The second-order valence-electron chi connectivity index (χ2n) is 3.96. The molecule has 0 unspecified atom stereocenters. The van der Waals surface area contributed by atoms with Gasteiger partial charge in [0, 0.05) is 0 Å². The van der Waals surface area contributed by atoms with E-state index in [0.717, 1.165) is 5.56 Å². The second kappa shape index (κ2) is 3.99. The molecule has 0 fully saturated rings. The van der Waals surface area contributed by atoms with Crippen LogP contribution in [0, 0.1) is 13.8 Å². The van der Waals surface area contributed by atoms with Crippen molar-refractivity contribution in [1.82, 2.24) is 14.6 Å². The first-order valence-electron chi connectivity index (χ1n) is 5.36. The summed E-state index contributed by atoms with van der Waals surface area (Å²) in [5, 5.41) is 4.41. The summed E-state index contributed by atoms with van der Waals surface area (Å²) in [7, 11) is 0. The summed E-state index contributed by atoms with van der Waals surface area (Å²) in [6.07, 6.45) is 0. The molecule has 0 aliphatic rings. The molecule has 0 saturated heterocycles. The van der Waals surface area contributed by atoms with Gasteiger partial charge in [0.1, 0.15) is 4.88 Å². The van der Waals surface area contributed by atoms with Crippen LogP contribution in [0.1, 0.15) is 11.3 Å². The molecule has 2 aromatic heterocycles. The average molecular weight is 259 g/mol. The number of fused-ring (bicyclic) bond motifs is 1. The maximum atomic E-state index is 12.0. The van der Waals surface area contributed by atoms with Crippen molar-refractivity contribution in [2.75, 3.05) is 0 Å². The van der Waals surface area contributed by atoms with Crippen LogP contribution in [0.25, 0.3) is 21.7 Å². The first kappa shape index (κ1) is 11.0. The Balaban J connectivity index is 2.36. The third-order valence-electron chi connectivity index (χ3n) is 2.71. The maximum Gasteiger partial charge on any atom is 0.347 e. The minimum atomic E-state index is -0.374. The van der Waals surface area contributed by atoms with Crippen LogP contribution < -0.4 is 5.63 Å². The van der Waals surface area contributed by atoms with E-state index < -0.39 is 0 Å². The molecule has 3 rings (SSSR count). The Labute approximate surface area is 106 Å². The molecule has 0 amide bonds. The van der Waals surface area contributed by atoms with Crippen LogP contribution in [0.4, 0.5) is 0 Å². The fourth-order valence-electron chi connectivity index (χ4n) is 1.81. The molecule has 90 valence electrons. The van der Waals surface area contributed by atoms with E-state index in [4.69, 9.17) is 4.42 Å². The Morgan fingerprint density at radius 2 is 2.11 bits per heavy atom. The Morgan fingerprint density at radius 3 is 2.83 bits per heavy atom. The van der Waals surface area contributed by atoms with E-state index in [-0.39, 0.29) is 11.5 Å². The van der Waals surface area contributed by atoms with Gasteiger partial charge in [0.05, 0.1) is 16.6 Å². The van der Waals surface area contributed by atoms with Gasteiger partial charge in [-0.1, -0.05) is 16.6 Å². The van der Waals surface area contributed by atoms with Crippen molar-refractivity contribution in [3.8, 4) is 10.8 Å². The highest BCUT2D eigenvalue weighted by atomic mass is 32.1. The lowest BCUT2D eigenvalue weighted by Gasteiger charge is -2.01. The minimum Gasteiger partial charge on any atom is -0.402 e. The van der Waals surface area contributed by atoms with E-state index in [9.17, 15) is 4.79 Å². The Bertz CT molecular complexity index is 791. The second-order valence-corrected chi connectivity index (χ2v) is 4.72. The Morgan fingerprint density at radius 1 is 1.28 bits per heavy atom. The zero-order valence-corrected chi connectivity index (χ0v) is 10.6. The Hall–Kier alpha value is -2.08. The quantitative estimate of drug-likeness (QED) is 0.670. The lowest BCUT2D eigenvalue weighted by Crippen LogP contribution is -2.04. The summed E-state index contributed by atoms with van der Waals surface area (Å²) in [6.45, 7) is 3.67. The van der Waals surface area contributed by atoms with Gasteiger partial charge in [-0.3, -0.25) is 0 Å². The zero-order valence-electron chi connectivity index (χ0n) is 9.80. The third-order valence-corrected chi connectivity index (χ3v) is 3.53. The van der Waals surface area contributed by atoms with Crippen LogP contribution in [0.15, 0.2) is 27.4 Å². The summed E-state index contributed by atoms with van der Waals surface area (Å²) < 4.78 is 9.08. The summed E-state index contributed by atoms with van der Waals surface area (Å²) in [4.78, 5) is 17.0. The van der Waals surface area contributed by atoms with Gasteiger partial charge in [-0.15, -0.1) is 5.10 Å². The molecule has 18 heavy (non-hydrogen) atoms. The smallest absolute Gasteiger partial charge is 0.347 e. The van der Waals surface area contributed by atoms with E-state index in [1.165, 1.54) is 11.5 Å². The lowest BCUT2D eigenvalue weighted by molar-refractivity contribution is 0.519. The predicted molar refractivity (Wildman–Crippen MR) is 68.7 cm³/mol. The van der Waals surface area contributed by atoms with Crippen molar-refractivity contribution in [3.63, 3.8) is 0 Å². The standard InChI is InChI=1S/C12H9N3O2S/c1-6-4-3-5-8-9(6)12(16)17-11(13-8)10-7(2)14-15-18-10/h3-5H,1-2H3. The van der Waals surface area contributed by atoms with E-state index in [1.807, 2.05) is 19.1 Å². The SMILES string of the molecule is Cc1nnsc1-c1nc2cccc(C)c2c(=O)o1. The fraction of sp³-hybridized carbons (Fsp3) is 0.167. The highest BCUT2D eigenvalue weighted by Gasteiger charge is 2.14. The van der Waals surface area contributed by atoms with E-state index in [2.05, 4.69) is 14.6 Å². The number of aryl methyl sites for hydroxylation is 2. The summed E-state index contributed by atoms with van der Waals surface area (Å²) in [5.41, 5.74) is 1.83. The molecule has 0 aliphatic carbocycles. The van der Waals surface area contributed by atoms with Crippen LogP contribution in [0.3, 0.4) is 0 Å². The predicted octanol–water partition coefficient (Wildman–Crippen LogP) is 2.32. The third kappa shape index (κ3) is 1.62. The molecular formula is C12H9N3O2S. The number of nitrogens with zero attached hydrogens (tertiary/aromatic N) is 3. The fourth-order valence-corrected chi connectivity index (χ4v) is 2.39. The molecule has 0 saturated carbocycles. The maximum absolute atomic E-state index is 12.0. The lowest BCUT2D eigenvalue weighted by atomic mass is 10.1. The van der Waals surface area contributed by atoms with Gasteiger partial charge < -0.3 is 4.42 Å². The minimum absolute atomic E-state index is 0.283. The summed E-state index contributed by atoms with van der Waals surface area (Å²) in [6, 6.07) is 5.53. The van der Waals surface area contributed by atoms with Gasteiger partial charge >= 0.3 is 5.63 Å².